The van der Waals surface area contributed by atoms with Gasteiger partial charge >= 0.3 is 241 Å². The van der Waals surface area contributed by atoms with Crippen LogP contribution in [0.15, 0.2) is 48.1 Å². The van der Waals surface area contributed by atoms with Gasteiger partial charge in [0.15, 0.2) is 0 Å². The Hall–Kier alpha value is -0.617. The van der Waals surface area contributed by atoms with Crippen molar-refractivity contribution in [2.24, 2.45) is 23.2 Å². The molecule has 39 heavy (non-hydrogen) atoms. The maximum absolute atomic E-state index is 2.63. The monoisotopic (exact) mass is 635 g/mol. The van der Waals surface area contributed by atoms with Gasteiger partial charge in [0.2, 0.25) is 0 Å². The van der Waals surface area contributed by atoms with E-state index in [2.05, 4.69) is 84.0 Å². The fourth-order valence-electron chi connectivity index (χ4n) is 9.23. The van der Waals surface area contributed by atoms with Gasteiger partial charge in [-0.3, -0.25) is 0 Å². The summed E-state index contributed by atoms with van der Waals surface area (Å²) < 4.78 is 0.543. The number of hydrogen-bond donors (Lipinski definition) is 0. The van der Waals surface area contributed by atoms with Crippen LogP contribution in [0.5, 0.6) is 0 Å². The minimum Gasteiger partial charge on any atom is -1.00 e. The van der Waals surface area contributed by atoms with Crippen LogP contribution in [0, 0.1) is 23.2 Å². The Morgan fingerprint density at radius 1 is 0.718 bits per heavy atom. The van der Waals surface area contributed by atoms with Gasteiger partial charge < -0.3 is 24.8 Å². The third-order valence-corrected chi connectivity index (χ3v) is 12.2. The van der Waals surface area contributed by atoms with Crippen molar-refractivity contribution in [1.82, 2.24) is 0 Å². The minimum absolute atomic E-state index is 0. The number of halogens is 2. The molecule has 4 saturated carbocycles. The van der Waals surface area contributed by atoms with Crippen LogP contribution >= 0.6 is 0 Å². The SMILES string of the molecule is CC(C)(C)c1ccc2c(c1)-c1cc(C(C)(C)C)cc(C3=C(C45CC6CC(CC(C6)C4)C5)C=CC3)c1[CH]2[Zr+2].[Cl-].[Cl-]. The van der Waals surface area contributed by atoms with Gasteiger partial charge in [-0.05, 0) is 0 Å². The molecular formula is C36H43Cl2Zr. The van der Waals surface area contributed by atoms with Crippen molar-refractivity contribution in [3.05, 3.63) is 75.9 Å². The largest absolute Gasteiger partial charge is 1.00 e. The van der Waals surface area contributed by atoms with E-state index in [4.69, 9.17) is 0 Å². The van der Waals surface area contributed by atoms with E-state index in [9.17, 15) is 0 Å². The third-order valence-electron chi connectivity index (χ3n) is 10.7. The molecule has 2 aromatic carbocycles. The zero-order chi connectivity index (χ0) is 25.9. The first kappa shape index (κ1) is 29.9. The first-order chi connectivity index (χ1) is 17.4. The van der Waals surface area contributed by atoms with Crippen molar-refractivity contribution in [3.63, 3.8) is 0 Å². The molecule has 0 nitrogen and oxygen atoms in total. The first-order valence-corrected chi connectivity index (χ1v) is 16.3. The van der Waals surface area contributed by atoms with Crippen molar-refractivity contribution < 1.29 is 49.5 Å². The first-order valence-electron chi connectivity index (χ1n) is 14.9. The second kappa shape index (κ2) is 9.99. The summed E-state index contributed by atoms with van der Waals surface area (Å²) in [6.45, 7) is 14.2. The van der Waals surface area contributed by atoms with Crippen LogP contribution in [0.1, 0.15) is 118 Å². The molecule has 4 fully saturated rings. The summed E-state index contributed by atoms with van der Waals surface area (Å²) in [6, 6.07) is 12.6. The van der Waals surface area contributed by atoms with E-state index in [0.29, 0.717) is 9.04 Å². The Labute approximate surface area is 264 Å². The summed E-state index contributed by atoms with van der Waals surface area (Å²) in [4.78, 5) is 0. The molecule has 4 bridgehead atoms. The number of allylic oxidation sites excluding steroid dienone is 4. The normalized spacial score (nSPS) is 30.3. The predicted octanol–water partition coefficient (Wildman–Crippen LogP) is 3.84. The third kappa shape index (κ3) is 4.74. The molecule has 1 atom stereocenters. The summed E-state index contributed by atoms with van der Waals surface area (Å²) in [5.41, 5.74) is 15.1. The van der Waals surface area contributed by atoms with Crippen LogP contribution in [-0.4, -0.2) is 0 Å². The van der Waals surface area contributed by atoms with Crippen molar-refractivity contribution in [1.29, 1.82) is 0 Å². The topological polar surface area (TPSA) is 0 Å². The van der Waals surface area contributed by atoms with Crippen LogP contribution in [-0.2, 0) is 35.5 Å². The van der Waals surface area contributed by atoms with E-state index in [1.807, 2.05) is 0 Å². The number of benzene rings is 2. The molecule has 6 aliphatic carbocycles. The number of fused-ring (bicyclic) bond motifs is 3. The van der Waals surface area contributed by atoms with E-state index in [0.717, 1.165) is 24.2 Å². The summed E-state index contributed by atoms with van der Waals surface area (Å²) in [6.07, 6.45) is 15.2. The van der Waals surface area contributed by atoms with E-state index in [-0.39, 0.29) is 35.6 Å². The minimum atomic E-state index is 0. The average Bonchev–Trinajstić information content (AvgIpc) is 3.41. The quantitative estimate of drug-likeness (QED) is 0.470. The zero-order valence-electron chi connectivity index (χ0n) is 24.6. The predicted molar refractivity (Wildman–Crippen MR) is 152 cm³/mol. The molecular weight excluding hydrogens is 595 g/mol. The van der Waals surface area contributed by atoms with Crippen molar-refractivity contribution in [2.45, 2.75) is 101 Å². The van der Waals surface area contributed by atoms with Gasteiger partial charge in [0.25, 0.3) is 0 Å². The van der Waals surface area contributed by atoms with E-state index in [1.54, 1.807) is 52.6 Å². The van der Waals surface area contributed by atoms with Crippen LogP contribution in [0.25, 0.3) is 16.7 Å². The summed E-state index contributed by atoms with van der Waals surface area (Å²) in [5, 5.41) is 0. The molecule has 205 valence electrons. The summed E-state index contributed by atoms with van der Waals surface area (Å²) in [5.74, 6) is 2.97. The molecule has 0 N–H and O–H groups in total. The fraction of sp³-hybridized carbons (Fsp3) is 0.556. The Kier molecular flexibility index (Phi) is 7.65. The summed E-state index contributed by atoms with van der Waals surface area (Å²) in [7, 11) is 0. The molecule has 6 aliphatic rings. The van der Waals surface area contributed by atoms with Crippen LogP contribution in [0.4, 0.5) is 0 Å². The van der Waals surface area contributed by atoms with Crippen LogP contribution < -0.4 is 24.8 Å². The molecule has 8 rings (SSSR count). The van der Waals surface area contributed by atoms with Crippen LogP contribution in [0.3, 0.4) is 0 Å². The van der Waals surface area contributed by atoms with Gasteiger partial charge in [-0.15, -0.1) is 0 Å². The maximum atomic E-state index is 2.63. The smallest absolute Gasteiger partial charge is 1.00 e. The molecule has 0 saturated heterocycles. The molecule has 3 heteroatoms. The number of rotatable bonds is 2. The Bertz CT molecular complexity index is 1330. The van der Waals surface area contributed by atoms with Gasteiger partial charge in [-0.1, -0.05) is 0 Å². The molecule has 0 heterocycles. The van der Waals surface area contributed by atoms with Crippen LogP contribution in [0.2, 0.25) is 0 Å². The molecule has 0 aromatic heterocycles. The molecule has 0 spiro atoms. The van der Waals surface area contributed by atoms with Crippen molar-refractivity contribution in [2.75, 3.05) is 0 Å². The molecule has 0 radical (unpaired) electrons. The van der Waals surface area contributed by atoms with Gasteiger partial charge in [0.1, 0.15) is 0 Å². The standard InChI is InChI=1S/C36H43.2ClH.Zr/c1-34(2,3)26-11-10-25-15-30-31(17-27(35(4,5)6)18-32(30)29(25)16-26)28-8-7-9-33(28)36-19-22-12-23(20-36)14-24(13-22)21-36;;;/h7,9-11,15-18,22-24H,8,12-14,19-21H2,1-6H3;2*1H;/q;;;+2/p-2. The van der Waals surface area contributed by atoms with Crippen molar-refractivity contribution >= 4 is 5.57 Å². The Morgan fingerprint density at radius 2 is 1.26 bits per heavy atom. The number of hydrogen-bond acceptors (Lipinski definition) is 0. The molecule has 0 amide bonds. The molecule has 1 unspecified atom stereocenters. The van der Waals surface area contributed by atoms with E-state index < -0.39 is 0 Å². The average molecular weight is 638 g/mol. The van der Waals surface area contributed by atoms with E-state index in [1.165, 1.54) is 60.8 Å². The van der Waals surface area contributed by atoms with Gasteiger partial charge in [-0.25, -0.2) is 0 Å². The zero-order valence-corrected chi connectivity index (χ0v) is 28.5. The van der Waals surface area contributed by atoms with Gasteiger partial charge in [-0.2, -0.15) is 0 Å². The second-order valence-electron chi connectivity index (χ2n) is 15.4. The molecule has 2 aromatic rings. The maximum Gasteiger partial charge on any atom is -1.00 e. The second-order valence-corrected chi connectivity index (χ2v) is 16.8. The Balaban J connectivity index is 0.00000154. The summed E-state index contributed by atoms with van der Waals surface area (Å²) >= 11 is 1.62. The van der Waals surface area contributed by atoms with Gasteiger partial charge in [0, 0.05) is 0 Å². The van der Waals surface area contributed by atoms with E-state index >= 15 is 0 Å². The Morgan fingerprint density at radius 3 is 1.82 bits per heavy atom. The van der Waals surface area contributed by atoms with Gasteiger partial charge in [0.05, 0.1) is 0 Å². The van der Waals surface area contributed by atoms with Crippen molar-refractivity contribution in [3.8, 4) is 11.1 Å². The fourth-order valence-corrected chi connectivity index (χ4v) is 10.6. The molecule has 0 aliphatic heterocycles.